The third-order valence-corrected chi connectivity index (χ3v) is 7.55. The topological polar surface area (TPSA) is 84.4 Å². The second-order valence-corrected chi connectivity index (χ2v) is 10.9. The molecule has 0 saturated heterocycles. The number of nitrogens with zero attached hydrogens (tertiary/aromatic N) is 1. The first kappa shape index (κ1) is 30.7. The van der Waals surface area contributed by atoms with Crippen molar-refractivity contribution in [2.45, 2.75) is 19.8 Å². The summed E-state index contributed by atoms with van der Waals surface area (Å²) in [5.74, 6) is 1.81. The van der Waals surface area contributed by atoms with E-state index < -0.39 is 0 Å². The van der Waals surface area contributed by atoms with E-state index in [1.807, 2.05) is 31.2 Å². The average Bonchev–Trinajstić information content (AvgIpc) is 3.25. The summed E-state index contributed by atoms with van der Waals surface area (Å²) in [5, 5.41) is 11.2. The lowest BCUT2D eigenvalue weighted by Gasteiger charge is -2.15. The molecule has 1 aromatic heterocycles. The standard InChI is InChI=1S/C31H35ClN4O3S2/c1-20-25(19-30(37)35-12-11-21-3-9-27(33-13-15-40)28(17-21)34-14-16-41)26-18-24(39-2)8-10-29(26)36(20)31(38)22-4-6-23(32)7-5-22/h3-10,17-18,33-34,40-41H,11-16,19H2,1-2H3,(H,35,37). The number of carbonyl (C=O) groups is 2. The van der Waals surface area contributed by atoms with Gasteiger partial charge in [-0.1, -0.05) is 17.7 Å². The van der Waals surface area contributed by atoms with Gasteiger partial charge in [-0.15, -0.1) is 0 Å². The fourth-order valence-electron chi connectivity index (χ4n) is 4.79. The van der Waals surface area contributed by atoms with E-state index in [0.29, 0.717) is 35.0 Å². The van der Waals surface area contributed by atoms with E-state index in [1.54, 1.807) is 35.9 Å². The summed E-state index contributed by atoms with van der Waals surface area (Å²) in [5.41, 5.74) is 5.87. The maximum atomic E-state index is 13.5. The number of anilines is 2. The minimum atomic E-state index is -0.185. The van der Waals surface area contributed by atoms with Crippen molar-refractivity contribution in [1.29, 1.82) is 0 Å². The second kappa shape index (κ2) is 14.6. The van der Waals surface area contributed by atoms with Crippen LogP contribution in [0.3, 0.4) is 0 Å². The zero-order valence-corrected chi connectivity index (χ0v) is 25.7. The zero-order valence-electron chi connectivity index (χ0n) is 23.2. The van der Waals surface area contributed by atoms with E-state index in [9.17, 15) is 9.59 Å². The van der Waals surface area contributed by atoms with E-state index in [0.717, 1.165) is 58.0 Å². The first-order chi connectivity index (χ1) is 19.9. The number of amides is 1. The van der Waals surface area contributed by atoms with E-state index in [2.05, 4.69) is 53.3 Å². The second-order valence-electron chi connectivity index (χ2n) is 9.55. The molecule has 216 valence electrons. The smallest absolute Gasteiger partial charge is 0.262 e. The van der Waals surface area contributed by atoms with Gasteiger partial charge < -0.3 is 20.7 Å². The SMILES string of the molecule is COc1ccc2c(c1)c(CC(=O)NCCc1ccc(NCCS)c(NCCS)c1)c(C)n2C(=O)c1ccc(Cl)cc1. The van der Waals surface area contributed by atoms with Gasteiger partial charge in [0.25, 0.3) is 5.91 Å². The highest BCUT2D eigenvalue weighted by atomic mass is 35.5. The molecule has 4 rings (SSSR count). The number of nitrogens with one attached hydrogen (secondary N) is 3. The van der Waals surface area contributed by atoms with Crippen LogP contribution in [0.4, 0.5) is 11.4 Å². The van der Waals surface area contributed by atoms with Gasteiger partial charge in [0.05, 0.1) is 30.4 Å². The summed E-state index contributed by atoms with van der Waals surface area (Å²) in [6, 6.07) is 18.5. The number of aromatic nitrogens is 1. The van der Waals surface area contributed by atoms with Gasteiger partial charge in [0.2, 0.25) is 5.91 Å². The summed E-state index contributed by atoms with van der Waals surface area (Å²) < 4.78 is 7.10. The van der Waals surface area contributed by atoms with Crippen LogP contribution in [0.5, 0.6) is 5.75 Å². The molecule has 0 radical (unpaired) electrons. The van der Waals surface area contributed by atoms with Gasteiger partial charge in [-0.2, -0.15) is 25.3 Å². The molecule has 0 atom stereocenters. The zero-order chi connectivity index (χ0) is 29.4. The van der Waals surface area contributed by atoms with Crippen LogP contribution in [-0.2, 0) is 17.6 Å². The Morgan fingerprint density at radius 3 is 2.29 bits per heavy atom. The highest BCUT2D eigenvalue weighted by molar-refractivity contribution is 7.80. The van der Waals surface area contributed by atoms with Crippen LogP contribution < -0.4 is 20.7 Å². The highest BCUT2D eigenvalue weighted by Gasteiger charge is 2.22. The maximum Gasteiger partial charge on any atom is 0.262 e. The number of halogens is 1. The largest absolute Gasteiger partial charge is 0.497 e. The molecule has 1 amide bonds. The minimum Gasteiger partial charge on any atom is -0.497 e. The minimum absolute atomic E-state index is 0.116. The summed E-state index contributed by atoms with van der Waals surface area (Å²) >= 11 is 14.6. The Bertz CT molecular complexity index is 1520. The third-order valence-electron chi connectivity index (χ3n) is 6.85. The molecule has 0 bridgehead atoms. The third kappa shape index (κ3) is 7.52. The van der Waals surface area contributed by atoms with Crippen molar-refractivity contribution >= 4 is 71.0 Å². The molecule has 1 heterocycles. The lowest BCUT2D eigenvalue weighted by atomic mass is 10.1. The predicted molar refractivity (Wildman–Crippen MR) is 176 cm³/mol. The Balaban J connectivity index is 1.50. The van der Waals surface area contributed by atoms with Crippen LogP contribution in [0.15, 0.2) is 60.7 Å². The Labute approximate surface area is 256 Å². The normalized spacial score (nSPS) is 11.0. The van der Waals surface area contributed by atoms with Crippen molar-refractivity contribution < 1.29 is 14.3 Å². The van der Waals surface area contributed by atoms with Crippen LogP contribution >= 0.6 is 36.9 Å². The van der Waals surface area contributed by atoms with Crippen molar-refractivity contribution in [2.24, 2.45) is 0 Å². The van der Waals surface area contributed by atoms with Gasteiger partial charge in [-0.25, -0.2) is 0 Å². The van der Waals surface area contributed by atoms with E-state index in [-0.39, 0.29) is 18.2 Å². The van der Waals surface area contributed by atoms with Crippen molar-refractivity contribution in [3.63, 3.8) is 0 Å². The molecule has 0 unspecified atom stereocenters. The van der Waals surface area contributed by atoms with Gasteiger partial charge in [0, 0.05) is 52.8 Å². The predicted octanol–water partition coefficient (Wildman–Crippen LogP) is 5.89. The molecule has 41 heavy (non-hydrogen) atoms. The number of benzene rings is 3. The molecule has 0 aliphatic rings. The number of thiol groups is 2. The average molecular weight is 611 g/mol. The van der Waals surface area contributed by atoms with Crippen molar-refractivity contribution in [3.8, 4) is 5.75 Å². The van der Waals surface area contributed by atoms with E-state index in [4.69, 9.17) is 16.3 Å². The monoisotopic (exact) mass is 610 g/mol. The lowest BCUT2D eigenvalue weighted by Crippen LogP contribution is -2.27. The van der Waals surface area contributed by atoms with Crippen LogP contribution in [0.1, 0.15) is 27.2 Å². The molecule has 0 spiro atoms. The van der Waals surface area contributed by atoms with Crippen LogP contribution in [0.2, 0.25) is 5.02 Å². The Hall–Kier alpha value is -3.27. The molecule has 0 fully saturated rings. The summed E-state index contributed by atoms with van der Waals surface area (Å²) in [6.07, 6.45) is 0.815. The van der Waals surface area contributed by atoms with Crippen molar-refractivity contribution in [3.05, 3.63) is 88.1 Å². The molecule has 0 saturated carbocycles. The highest BCUT2D eigenvalue weighted by Crippen LogP contribution is 2.31. The molecule has 10 heteroatoms. The first-order valence-corrected chi connectivity index (χ1v) is 15.1. The number of carbonyl (C=O) groups excluding carboxylic acids is 2. The molecule has 0 aliphatic heterocycles. The van der Waals surface area contributed by atoms with Crippen molar-refractivity contribution in [2.75, 3.05) is 48.9 Å². The number of methoxy groups -OCH3 is 1. The lowest BCUT2D eigenvalue weighted by molar-refractivity contribution is -0.120. The summed E-state index contributed by atoms with van der Waals surface area (Å²) in [7, 11) is 1.60. The van der Waals surface area contributed by atoms with Gasteiger partial charge in [0.15, 0.2) is 0 Å². The Morgan fingerprint density at radius 1 is 0.902 bits per heavy atom. The first-order valence-electron chi connectivity index (χ1n) is 13.4. The number of fused-ring (bicyclic) bond motifs is 1. The fourth-order valence-corrected chi connectivity index (χ4v) is 5.14. The molecular formula is C31H35ClN4O3S2. The van der Waals surface area contributed by atoms with Crippen molar-refractivity contribution in [1.82, 2.24) is 9.88 Å². The van der Waals surface area contributed by atoms with E-state index >= 15 is 0 Å². The van der Waals surface area contributed by atoms with Crippen LogP contribution in [0, 0.1) is 6.92 Å². The summed E-state index contributed by atoms with van der Waals surface area (Å²) in [4.78, 5) is 26.7. The number of rotatable bonds is 13. The fraction of sp³-hybridized carbons (Fsp3) is 0.290. The summed E-state index contributed by atoms with van der Waals surface area (Å²) in [6.45, 7) is 3.86. The van der Waals surface area contributed by atoms with Gasteiger partial charge in [-0.05, 0) is 79.1 Å². The van der Waals surface area contributed by atoms with Gasteiger partial charge in [-0.3, -0.25) is 14.2 Å². The number of ether oxygens (including phenoxy) is 1. The molecule has 0 aliphatic carbocycles. The van der Waals surface area contributed by atoms with E-state index in [1.165, 1.54) is 0 Å². The van der Waals surface area contributed by atoms with Crippen LogP contribution in [0.25, 0.3) is 10.9 Å². The Morgan fingerprint density at radius 2 is 1.61 bits per heavy atom. The molecule has 3 N–H and O–H groups in total. The number of hydrogen-bond acceptors (Lipinski definition) is 7. The molecular weight excluding hydrogens is 576 g/mol. The molecule has 4 aromatic rings. The molecule has 3 aromatic carbocycles. The van der Waals surface area contributed by atoms with Gasteiger partial charge >= 0.3 is 0 Å². The quantitative estimate of drug-likeness (QED) is 0.122. The maximum absolute atomic E-state index is 13.5. The van der Waals surface area contributed by atoms with Crippen LogP contribution in [-0.4, -0.2) is 54.6 Å². The van der Waals surface area contributed by atoms with Gasteiger partial charge in [0.1, 0.15) is 5.75 Å². The number of hydrogen-bond donors (Lipinski definition) is 5. The Kier molecular flexibility index (Phi) is 10.9. The molecule has 7 nitrogen and oxygen atoms in total.